The molecule has 13 nitrogen and oxygen atoms in total. The summed E-state index contributed by atoms with van der Waals surface area (Å²) in [7, 11) is 4.58. The number of anilines is 1. The molecule has 2 aliphatic heterocycles. The number of carboxylic acids is 2. The molecule has 2 aromatic carbocycles. The molecule has 0 atom stereocenters. The van der Waals surface area contributed by atoms with Gasteiger partial charge in [0.15, 0.2) is 17.3 Å². The van der Waals surface area contributed by atoms with Gasteiger partial charge in [0.1, 0.15) is 17.4 Å². The summed E-state index contributed by atoms with van der Waals surface area (Å²) in [5, 5.41) is 15.1. The van der Waals surface area contributed by atoms with Gasteiger partial charge in [-0.05, 0) is 44.0 Å². The third kappa shape index (κ3) is 8.42. The number of ketones is 1. The molecular weight excluding hydrogens is 588 g/mol. The highest BCUT2D eigenvalue weighted by Gasteiger charge is 2.29. The predicted molar refractivity (Wildman–Crippen MR) is 155 cm³/mol. The molecule has 14 heteroatoms. The molecule has 0 radical (unpaired) electrons. The first kappa shape index (κ1) is 33.3. The number of nitrogen functional groups attached to an aromatic ring is 1. The van der Waals surface area contributed by atoms with E-state index >= 15 is 0 Å². The van der Waals surface area contributed by atoms with Gasteiger partial charge in [-0.1, -0.05) is 11.6 Å². The molecule has 0 spiro atoms. The number of piperidine rings is 1. The van der Waals surface area contributed by atoms with Gasteiger partial charge in [-0.3, -0.25) is 4.79 Å². The van der Waals surface area contributed by atoms with Crippen LogP contribution in [-0.2, 0) is 20.7 Å². The molecule has 0 saturated carbocycles. The minimum absolute atomic E-state index is 0.0139. The number of carbonyl (C=O) groups is 4. The van der Waals surface area contributed by atoms with Crippen LogP contribution in [0.25, 0.3) is 0 Å². The number of nitrogens with zero attached hydrogens (tertiary/aromatic N) is 1. The van der Waals surface area contributed by atoms with Crippen LogP contribution in [0.3, 0.4) is 0 Å². The quantitative estimate of drug-likeness (QED) is 0.152. The number of halogens is 1. The van der Waals surface area contributed by atoms with Crippen LogP contribution in [0.15, 0.2) is 18.2 Å². The Morgan fingerprint density at radius 1 is 1.00 bits per heavy atom. The summed E-state index contributed by atoms with van der Waals surface area (Å²) in [6, 6.07) is 4.89. The number of benzene rings is 2. The number of rotatable bonds is 10. The highest BCUT2D eigenvalue weighted by Crippen LogP contribution is 2.40. The first-order valence-electron chi connectivity index (χ1n) is 13.5. The number of Topliss-reactive ketones (excluding diaryl/α,β-unsaturated/α-hetero) is 1. The Hall–Kier alpha value is -4.23. The molecule has 2 aliphatic rings. The maximum Gasteiger partial charge on any atom is 0.414 e. The molecule has 0 aliphatic carbocycles. The van der Waals surface area contributed by atoms with Crippen LogP contribution >= 0.6 is 11.6 Å². The van der Waals surface area contributed by atoms with E-state index in [4.69, 9.17) is 60.8 Å². The maximum atomic E-state index is 12.9. The monoisotopic (exact) mass is 622 g/mol. The van der Waals surface area contributed by atoms with E-state index in [1.54, 1.807) is 12.1 Å². The van der Waals surface area contributed by atoms with Crippen LogP contribution in [0, 0.1) is 0 Å². The summed E-state index contributed by atoms with van der Waals surface area (Å²) in [4.78, 5) is 46.1. The Labute approximate surface area is 253 Å². The number of aliphatic carboxylic acids is 2. The zero-order valence-electron chi connectivity index (χ0n) is 24.1. The van der Waals surface area contributed by atoms with E-state index in [1.807, 2.05) is 0 Å². The van der Waals surface area contributed by atoms with Gasteiger partial charge in [-0.2, -0.15) is 0 Å². The van der Waals surface area contributed by atoms with Gasteiger partial charge in [-0.15, -0.1) is 0 Å². The van der Waals surface area contributed by atoms with E-state index in [0.717, 1.165) is 38.0 Å². The molecule has 2 heterocycles. The van der Waals surface area contributed by atoms with Gasteiger partial charge in [0.05, 0.1) is 38.6 Å². The Morgan fingerprint density at radius 2 is 1.60 bits per heavy atom. The Balaban J connectivity index is 0.000000765. The topological polar surface area (TPSA) is 184 Å². The molecule has 0 aromatic heterocycles. The first-order chi connectivity index (χ1) is 20.5. The number of carboxylic acid groups (broad SMARTS) is 2. The van der Waals surface area contributed by atoms with Crippen LogP contribution < -0.4 is 24.7 Å². The van der Waals surface area contributed by atoms with Gasteiger partial charge in [0.2, 0.25) is 5.75 Å². The zero-order chi connectivity index (χ0) is 31.7. The summed E-state index contributed by atoms with van der Waals surface area (Å²) in [6.07, 6.45) is 3.00. The van der Waals surface area contributed by atoms with Gasteiger partial charge < -0.3 is 44.5 Å². The number of hydrogen-bond donors (Lipinski definition) is 3. The summed E-state index contributed by atoms with van der Waals surface area (Å²) in [5.74, 6) is -2.21. The van der Waals surface area contributed by atoms with Crippen molar-refractivity contribution in [2.24, 2.45) is 0 Å². The Morgan fingerprint density at radius 3 is 2.14 bits per heavy atom. The van der Waals surface area contributed by atoms with E-state index in [1.165, 1.54) is 27.4 Å². The van der Waals surface area contributed by atoms with Gasteiger partial charge in [-0.25, -0.2) is 14.4 Å². The van der Waals surface area contributed by atoms with Gasteiger partial charge >= 0.3 is 17.9 Å². The average Bonchev–Trinajstić information content (AvgIpc) is 3.49. The van der Waals surface area contributed by atoms with E-state index < -0.39 is 17.9 Å². The standard InChI is InChI=1S/C27H33ClN2O7.C2H2O4/c1-33-22-13-16(14-23(34-2)26(22)35-3)21(31)5-4-9-30-10-6-17(7-11-30)37-27(32)19-15-20(28)24(29)18-8-12-36-25(18)19;3-1(4)2(5)6/h13-15,17H,4-12,29H2,1-3H3;(H,3,4)(H,5,6). The lowest BCUT2D eigenvalue weighted by molar-refractivity contribution is -0.159. The number of likely N-dealkylation sites (tertiary alicyclic amines) is 1. The second kappa shape index (κ2) is 15.3. The number of methoxy groups -OCH3 is 3. The Kier molecular flexibility index (Phi) is 11.8. The average molecular weight is 623 g/mol. The smallest absolute Gasteiger partial charge is 0.414 e. The van der Waals surface area contributed by atoms with E-state index in [-0.39, 0.29) is 11.9 Å². The van der Waals surface area contributed by atoms with Crippen molar-refractivity contribution in [1.29, 1.82) is 0 Å². The Bertz CT molecular complexity index is 1320. The lowest BCUT2D eigenvalue weighted by atomic mass is 10.0. The molecule has 43 heavy (non-hydrogen) atoms. The largest absolute Gasteiger partial charge is 0.493 e. The van der Waals surface area contributed by atoms with E-state index in [9.17, 15) is 9.59 Å². The number of fused-ring (bicyclic) bond motifs is 1. The highest BCUT2D eigenvalue weighted by molar-refractivity contribution is 6.33. The lowest BCUT2D eigenvalue weighted by Crippen LogP contribution is -2.38. The molecule has 0 amide bonds. The van der Waals surface area contributed by atoms with Crippen molar-refractivity contribution < 1.29 is 53.1 Å². The van der Waals surface area contributed by atoms with Crippen molar-refractivity contribution in [3.05, 3.63) is 39.9 Å². The van der Waals surface area contributed by atoms with Crippen molar-refractivity contribution in [2.45, 2.75) is 38.2 Å². The summed E-state index contributed by atoms with van der Waals surface area (Å²) < 4.78 is 27.4. The second-order valence-electron chi connectivity index (χ2n) is 9.72. The van der Waals surface area contributed by atoms with E-state index in [0.29, 0.717) is 70.7 Å². The predicted octanol–water partition coefficient (Wildman–Crippen LogP) is 3.32. The zero-order valence-corrected chi connectivity index (χ0v) is 24.9. The van der Waals surface area contributed by atoms with Crippen LogP contribution in [-0.4, -0.2) is 92.5 Å². The molecule has 1 fully saturated rings. The van der Waals surface area contributed by atoms with Crippen LogP contribution in [0.5, 0.6) is 23.0 Å². The maximum absolute atomic E-state index is 12.9. The van der Waals surface area contributed by atoms with Crippen molar-refractivity contribution >= 4 is 41.0 Å². The van der Waals surface area contributed by atoms with Crippen molar-refractivity contribution in [2.75, 3.05) is 53.3 Å². The SMILES string of the molecule is COc1cc(C(=O)CCCN2CCC(OC(=O)c3cc(Cl)c(N)c4c3OCC4)CC2)cc(OC)c1OC.O=C(O)C(=O)O. The highest BCUT2D eigenvalue weighted by atomic mass is 35.5. The van der Waals surface area contributed by atoms with Crippen molar-refractivity contribution in [3.8, 4) is 23.0 Å². The molecule has 1 saturated heterocycles. The number of esters is 1. The molecule has 2 aromatic rings. The van der Waals surface area contributed by atoms with Crippen molar-refractivity contribution in [3.63, 3.8) is 0 Å². The fourth-order valence-electron chi connectivity index (χ4n) is 4.83. The third-order valence-electron chi connectivity index (χ3n) is 7.05. The van der Waals surface area contributed by atoms with E-state index in [2.05, 4.69) is 4.90 Å². The molecular formula is C29H35ClN2O11. The minimum Gasteiger partial charge on any atom is -0.493 e. The molecule has 0 bridgehead atoms. The number of ether oxygens (including phenoxy) is 5. The number of hydrogen-bond acceptors (Lipinski definition) is 11. The normalized spacial score (nSPS) is 14.4. The summed E-state index contributed by atoms with van der Waals surface area (Å²) >= 11 is 6.22. The molecule has 4 rings (SSSR count). The number of carbonyl (C=O) groups excluding carboxylic acids is 2. The van der Waals surface area contributed by atoms with Gasteiger partial charge in [0.25, 0.3) is 0 Å². The van der Waals surface area contributed by atoms with Crippen LogP contribution in [0.2, 0.25) is 5.02 Å². The van der Waals surface area contributed by atoms with Crippen molar-refractivity contribution in [1.82, 2.24) is 4.90 Å². The second-order valence-corrected chi connectivity index (χ2v) is 10.1. The first-order valence-corrected chi connectivity index (χ1v) is 13.8. The molecule has 4 N–H and O–H groups in total. The summed E-state index contributed by atoms with van der Waals surface area (Å²) in [5.41, 5.74) is 8.12. The molecule has 234 valence electrons. The minimum atomic E-state index is -1.82. The molecule has 0 unspecified atom stereocenters. The van der Waals surface area contributed by atoms with Crippen LogP contribution in [0.4, 0.5) is 5.69 Å². The summed E-state index contributed by atoms with van der Waals surface area (Å²) in [6.45, 7) is 2.83. The fourth-order valence-corrected chi connectivity index (χ4v) is 5.06. The lowest BCUT2D eigenvalue weighted by Gasteiger charge is -2.31. The van der Waals surface area contributed by atoms with Crippen LogP contribution in [0.1, 0.15) is 52.0 Å². The fraction of sp³-hybridized carbons (Fsp3) is 0.448. The third-order valence-corrected chi connectivity index (χ3v) is 7.36. The number of nitrogens with two attached hydrogens (primary N) is 1. The van der Waals surface area contributed by atoms with Gasteiger partial charge in [0, 0.05) is 37.1 Å².